The number of fused-ring (bicyclic) bond motifs is 1. The van der Waals surface area contributed by atoms with Crippen LogP contribution in [0.25, 0.3) is 22.2 Å². The molecule has 3 rings (SSSR count). The van der Waals surface area contributed by atoms with Crippen LogP contribution in [0.2, 0.25) is 10.0 Å². The lowest BCUT2D eigenvalue weighted by Crippen LogP contribution is -1.95. The van der Waals surface area contributed by atoms with Crippen molar-refractivity contribution >= 4 is 39.8 Å². The second-order valence-electron chi connectivity index (χ2n) is 4.34. The molecule has 0 unspecified atom stereocenters. The molecule has 0 aliphatic carbocycles. The number of nitrogens with zero attached hydrogens (tertiary/aromatic N) is 1. The van der Waals surface area contributed by atoms with Crippen molar-refractivity contribution in [3.8, 4) is 11.3 Å². The monoisotopic (exact) mass is 306 g/mol. The Morgan fingerprint density at radius 3 is 2.45 bits per heavy atom. The molecule has 0 amide bonds. The Balaban J connectivity index is 2.33. The molecule has 0 aliphatic rings. The molecule has 0 fully saturated rings. The van der Waals surface area contributed by atoms with Crippen LogP contribution in [0.4, 0.5) is 10.1 Å². The molecule has 1 heterocycles. The highest BCUT2D eigenvalue weighted by molar-refractivity contribution is 6.39. The Hall–Kier alpha value is -1.84. The molecule has 0 aliphatic heterocycles. The minimum atomic E-state index is -0.679. The van der Waals surface area contributed by atoms with E-state index in [1.54, 1.807) is 6.07 Å². The fraction of sp³-hybridized carbons (Fsp3) is 0. The molecule has 5 heteroatoms. The fourth-order valence-corrected chi connectivity index (χ4v) is 2.64. The summed E-state index contributed by atoms with van der Waals surface area (Å²) < 4.78 is 13.7. The van der Waals surface area contributed by atoms with Crippen LogP contribution in [-0.4, -0.2) is 4.98 Å². The molecule has 2 N–H and O–H groups in total. The summed E-state index contributed by atoms with van der Waals surface area (Å²) in [6, 6.07) is 12.7. The summed E-state index contributed by atoms with van der Waals surface area (Å²) in [6.45, 7) is 0. The first-order valence-electron chi connectivity index (χ1n) is 5.87. The molecule has 0 bridgehead atoms. The minimum Gasteiger partial charge on any atom is -0.398 e. The standard InChI is InChI=1S/C15H9Cl2FN2/c16-9-6-12-13(14(17)15(9)18)10(19)7-11(20-12)8-4-2-1-3-5-8/h1-7H,(H2,19,20). The van der Waals surface area contributed by atoms with E-state index in [0.29, 0.717) is 22.3 Å². The summed E-state index contributed by atoms with van der Waals surface area (Å²) in [5, 5.41) is 0.213. The van der Waals surface area contributed by atoms with E-state index in [9.17, 15) is 4.39 Å². The molecule has 2 nitrogen and oxygen atoms in total. The van der Waals surface area contributed by atoms with E-state index >= 15 is 0 Å². The van der Waals surface area contributed by atoms with Crippen molar-refractivity contribution in [3.05, 3.63) is 58.3 Å². The maximum Gasteiger partial charge on any atom is 0.161 e. The van der Waals surface area contributed by atoms with Gasteiger partial charge in [-0.3, -0.25) is 0 Å². The van der Waals surface area contributed by atoms with Gasteiger partial charge in [0.05, 0.1) is 21.3 Å². The number of aromatic nitrogens is 1. The summed E-state index contributed by atoms with van der Waals surface area (Å²) in [5.41, 5.74) is 8.43. The number of pyridine rings is 1. The van der Waals surface area contributed by atoms with Crippen molar-refractivity contribution in [1.82, 2.24) is 4.98 Å². The van der Waals surface area contributed by atoms with Crippen molar-refractivity contribution in [3.63, 3.8) is 0 Å². The lowest BCUT2D eigenvalue weighted by Gasteiger charge is -2.09. The second-order valence-corrected chi connectivity index (χ2v) is 5.13. The van der Waals surface area contributed by atoms with Gasteiger partial charge in [0.2, 0.25) is 0 Å². The van der Waals surface area contributed by atoms with Crippen LogP contribution in [0.3, 0.4) is 0 Å². The first-order chi connectivity index (χ1) is 9.58. The number of anilines is 1. The van der Waals surface area contributed by atoms with E-state index in [-0.39, 0.29) is 10.0 Å². The van der Waals surface area contributed by atoms with E-state index in [0.717, 1.165) is 5.56 Å². The van der Waals surface area contributed by atoms with Gasteiger partial charge in [-0.15, -0.1) is 0 Å². The quantitative estimate of drug-likeness (QED) is 0.647. The first-order valence-corrected chi connectivity index (χ1v) is 6.62. The van der Waals surface area contributed by atoms with Crippen molar-refractivity contribution in [2.45, 2.75) is 0 Å². The van der Waals surface area contributed by atoms with Gasteiger partial charge >= 0.3 is 0 Å². The van der Waals surface area contributed by atoms with E-state index < -0.39 is 5.82 Å². The number of nitrogens with two attached hydrogens (primary N) is 1. The normalized spacial score (nSPS) is 10.9. The van der Waals surface area contributed by atoms with Crippen LogP contribution < -0.4 is 5.73 Å². The van der Waals surface area contributed by atoms with E-state index in [1.165, 1.54) is 6.07 Å². The lowest BCUT2D eigenvalue weighted by atomic mass is 10.1. The Bertz CT molecular complexity index is 804. The van der Waals surface area contributed by atoms with Gasteiger partial charge in [0.1, 0.15) is 0 Å². The highest BCUT2D eigenvalue weighted by Gasteiger charge is 2.15. The van der Waals surface area contributed by atoms with Gasteiger partial charge in [0.15, 0.2) is 5.82 Å². The zero-order valence-electron chi connectivity index (χ0n) is 10.2. The van der Waals surface area contributed by atoms with Crippen LogP contribution in [0.5, 0.6) is 0 Å². The van der Waals surface area contributed by atoms with E-state index in [1.807, 2.05) is 30.3 Å². The predicted octanol–water partition coefficient (Wildman–Crippen LogP) is 4.93. The summed E-state index contributed by atoms with van der Waals surface area (Å²) in [6.07, 6.45) is 0. The SMILES string of the molecule is Nc1cc(-c2ccccc2)nc2cc(Cl)c(F)c(Cl)c12. The summed E-state index contributed by atoms with van der Waals surface area (Å²) in [7, 11) is 0. The number of benzene rings is 2. The molecule has 1 aromatic heterocycles. The summed E-state index contributed by atoms with van der Waals surface area (Å²) >= 11 is 11.8. The van der Waals surface area contributed by atoms with Crippen LogP contribution in [-0.2, 0) is 0 Å². The molecular weight excluding hydrogens is 298 g/mol. The third-order valence-corrected chi connectivity index (χ3v) is 3.66. The van der Waals surface area contributed by atoms with Crippen molar-refractivity contribution < 1.29 is 4.39 Å². The first kappa shape index (κ1) is 13.2. The lowest BCUT2D eigenvalue weighted by molar-refractivity contribution is 0.630. The number of hydrogen-bond acceptors (Lipinski definition) is 2. The van der Waals surface area contributed by atoms with Crippen LogP contribution >= 0.6 is 23.2 Å². The van der Waals surface area contributed by atoms with Gasteiger partial charge in [-0.25, -0.2) is 9.37 Å². The predicted molar refractivity (Wildman–Crippen MR) is 81.6 cm³/mol. The molecule has 0 saturated heterocycles. The molecule has 0 spiro atoms. The molecular formula is C15H9Cl2FN2. The maximum atomic E-state index is 13.7. The number of halogens is 3. The van der Waals surface area contributed by atoms with Gasteiger partial charge in [-0.05, 0) is 12.1 Å². The number of hydrogen-bond donors (Lipinski definition) is 1. The molecule has 0 atom stereocenters. The smallest absolute Gasteiger partial charge is 0.161 e. The van der Waals surface area contributed by atoms with Crippen LogP contribution in [0.1, 0.15) is 0 Å². The van der Waals surface area contributed by atoms with Crippen molar-refractivity contribution in [2.75, 3.05) is 5.73 Å². The zero-order chi connectivity index (χ0) is 14.3. The molecule has 0 radical (unpaired) electrons. The van der Waals surface area contributed by atoms with E-state index in [4.69, 9.17) is 28.9 Å². The van der Waals surface area contributed by atoms with E-state index in [2.05, 4.69) is 4.98 Å². The Kier molecular flexibility index (Phi) is 3.24. The van der Waals surface area contributed by atoms with Crippen molar-refractivity contribution in [1.29, 1.82) is 0 Å². The van der Waals surface area contributed by atoms with Crippen LogP contribution in [0, 0.1) is 5.82 Å². The Labute approximate surface area is 125 Å². The largest absolute Gasteiger partial charge is 0.398 e. The maximum absolute atomic E-state index is 13.7. The van der Waals surface area contributed by atoms with Gasteiger partial charge in [-0.2, -0.15) is 0 Å². The Morgan fingerprint density at radius 2 is 1.75 bits per heavy atom. The van der Waals surface area contributed by atoms with Gasteiger partial charge in [0.25, 0.3) is 0 Å². The molecule has 2 aromatic carbocycles. The topological polar surface area (TPSA) is 38.9 Å². The minimum absolute atomic E-state index is 0.0698. The van der Waals surface area contributed by atoms with Crippen molar-refractivity contribution in [2.24, 2.45) is 0 Å². The average molecular weight is 307 g/mol. The third kappa shape index (κ3) is 2.09. The molecule has 3 aromatic rings. The molecule has 0 saturated carbocycles. The number of rotatable bonds is 1. The molecule has 100 valence electrons. The van der Waals surface area contributed by atoms with Gasteiger partial charge in [-0.1, -0.05) is 53.5 Å². The third-order valence-electron chi connectivity index (χ3n) is 3.03. The highest BCUT2D eigenvalue weighted by atomic mass is 35.5. The summed E-state index contributed by atoms with van der Waals surface area (Å²) in [4.78, 5) is 4.45. The summed E-state index contributed by atoms with van der Waals surface area (Å²) in [5.74, 6) is -0.679. The fourth-order valence-electron chi connectivity index (χ4n) is 2.08. The molecule has 20 heavy (non-hydrogen) atoms. The number of nitrogen functional groups attached to an aromatic ring is 1. The highest BCUT2D eigenvalue weighted by Crippen LogP contribution is 2.36. The average Bonchev–Trinajstić information content (AvgIpc) is 2.45. The Morgan fingerprint density at radius 1 is 1.05 bits per heavy atom. The van der Waals surface area contributed by atoms with Crippen LogP contribution in [0.15, 0.2) is 42.5 Å². The van der Waals surface area contributed by atoms with Gasteiger partial charge < -0.3 is 5.73 Å². The zero-order valence-corrected chi connectivity index (χ0v) is 11.7. The van der Waals surface area contributed by atoms with Gasteiger partial charge in [0, 0.05) is 16.6 Å². The second kappa shape index (κ2) is 4.93.